The average molecular weight is 338 g/mol. The number of nitrogens with zero attached hydrogens (tertiary/aromatic N) is 1. The van der Waals surface area contributed by atoms with E-state index in [-0.39, 0.29) is 13.0 Å². The Kier molecular flexibility index (Phi) is 6.55. The van der Waals surface area contributed by atoms with E-state index in [0.29, 0.717) is 17.0 Å². The van der Waals surface area contributed by atoms with Gasteiger partial charge in [0.1, 0.15) is 5.75 Å². The topological polar surface area (TPSA) is 88.4 Å². The highest BCUT2D eigenvalue weighted by Crippen LogP contribution is 2.11. The van der Waals surface area contributed by atoms with Crippen LogP contribution in [0.25, 0.3) is 0 Å². The van der Waals surface area contributed by atoms with Gasteiger partial charge in [-0.15, -0.1) is 0 Å². The number of amides is 1. The Balaban J connectivity index is 1.73. The molecule has 1 atom stereocenters. The molecular weight excluding hydrogens is 320 g/mol. The number of nitriles is 1. The second kappa shape index (κ2) is 9.08. The van der Waals surface area contributed by atoms with Crippen molar-refractivity contribution in [1.29, 1.82) is 5.26 Å². The summed E-state index contributed by atoms with van der Waals surface area (Å²) in [7, 11) is 0. The summed E-state index contributed by atoms with van der Waals surface area (Å²) in [5.74, 6) is -0.289. The zero-order valence-electron chi connectivity index (χ0n) is 13.8. The molecule has 2 rings (SSSR count). The molecule has 0 bridgehead atoms. The van der Waals surface area contributed by atoms with Gasteiger partial charge in [-0.2, -0.15) is 5.26 Å². The average Bonchev–Trinajstić information content (AvgIpc) is 2.63. The molecule has 0 fully saturated rings. The van der Waals surface area contributed by atoms with Gasteiger partial charge in [0.25, 0.3) is 5.91 Å². The number of ether oxygens (including phenoxy) is 2. The molecule has 0 aliphatic carbocycles. The number of esters is 1. The van der Waals surface area contributed by atoms with Crippen LogP contribution in [0.4, 0.5) is 5.69 Å². The largest absolute Gasteiger partial charge is 0.493 e. The number of anilines is 1. The highest BCUT2D eigenvalue weighted by atomic mass is 16.5. The van der Waals surface area contributed by atoms with Crippen molar-refractivity contribution in [3.63, 3.8) is 0 Å². The normalized spacial score (nSPS) is 11.0. The Morgan fingerprint density at radius 3 is 2.44 bits per heavy atom. The number of rotatable bonds is 7. The van der Waals surface area contributed by atoms with Crippen molar-refractivity contribution in [3.05, 3.63) is 60.2 Å². The van der Waals surface area contributed by atoms with Crippen LogP contribution in [-0.4, -0.2) is 24.6 Å². The summed E-state index contributed by atoms with van der Waals surface area (Å²) >= 11 is 0. The van der Waals surface area contributed by atoms with Gasteiger partial charge in [-0.1, -0.05) is 18.2 Å². The first-order valence-electron chi connectivity index (χ1n) is 7.77. The zero-order chi connectivity index (χ0) is 18.1. The third-order valence-electron chi connectivity index (χ3n) is 3.28. The summed E-state index contributed by atoms with van der Waals surface area (Å²) in [4.78, 5) is 23.8. The van der Waals surface area contributed by atoms with E-state index in [4.69, 9.17) is 14.7 Å². The molecule has 0 saturated heterocycles. The van der Waals surface area contributed by atoms with E-state index in [1.54, 1.807) is 36.4 Å². The van der Waals surface area contributed by atoms with Crippen molar-refractivity contribution in [2.24, 2.45) is 0 Å². The molecule has 0 aliphatic heterocycles. The van der Waals surface area contributed by atoms with Gasteiger partial charge in [-0.25, -0.2) is 0 Å². The van der Waals surface area contributed by atoms with Crippen LogP contribution < -0.4 is 10.1 Å². The number of carbonyl (C=O) groups is 2. The second-order valence-electron chi connectivity index (χ2n) is 5.22. The molecule has 25 heavy (non-hydrogen) atoms. The van der Waals surface area contributed by atoms with Crippen LogP contribution in [0.1, 0.15) is 18.9 Å². The van der Waals surface area contributed by atoms with Crippen LogP contribution in [0.5, 0.6) is 5.75 Å². The van der Waals surface area contributed by atoms with Crippen molar-refractivity contribution in [3.8, 4) is 11.8 Å². The summed E-state index contributed by atoms with van der Waals surface area (Å²) in [5.41, 5.74) is 1.02. The van der Waals surface area contributed by atoms with Crippen LogP contribution in [0.3, 0.4) is 0 Å². The number of hydrogen-bond acceptors (Lipinski definition) is 5. The predicted molar refractivity (Wildman–Crippen MR) is 91.9 cm³/mol. The van der Waals surface area contributed by atoms with Crippen LogP contribution >= 0.6 is 0 Å². The molecule has 2 aromatic rings. The van der Waals surface area contributed by atoms with Crippen molar-refractivity contribution < 1.29 is 19.1 Å². The maximum Gasteiger partial charge on any atom is 0.310 e. The van der Waals surface area contributed by atoms with Gasteiger partial charge >= 0.3 is 5.97 Å². The van der Waals surface area contributed by atoms with Crippen LogP contribution in [0, 0.1) is 11.3 Å². The molecule has 0 heterocycles. The third kappa shape index (κ3) is 5.99. The maximum atomic E-state index is 12.0. The second-order valence-corrected chi connectivity index (χ2v) is 5.22. The van der Waals surface area contributed by atoms with Crippen molar-refractivity contribution in [1.82, 2.24) is 0 Å². The Morgan fingerprint density at radius 1 is 1.12 bits per heavy atom. The molecule has 2 aromatic carbocycles. The van der Waals surface area contributed by atoms with E-state index in [2.05, 4.69) is 5.32 Å². The molecule has 1 N–H and O–H groups in total. The Labute approximate surface area is 146 Å². The van der Waals surface area contributed by atoms with E-state index in [0.717, 1.165) is 0 Å². The van der Waals surface area contributed by atoms with E-state index < -0.39 is 18.0 Å². The molecular formula is C19H18N2O4. The molecule has 0 saturated carbocycles. The molecule has 6 heteroatoms. The standard InChI is InChI=1S/C19H18N2O4/c1-14(19(23)21-16-9-7-15(13-20)8-10-16)25-18(22)11-12-24-17-5-3-2-4-6-17/h2-10,14H,11-12H2,1H3,(H,21,23)/t14-/m1/s1. The number of benzene rings is 2. The van der Waals surface area contributed by atoms with E-state index >= 15 is 0 Å². The SMILES string of the molecule is C[C@@H](OC(=O)CCOc1ccccc1)C(=O)Nc1ccc(C#N)cc1. The molecule has 0 aromatic heterocycles. The lowest BCUT2D eigenvalue weighted by Crippen LogP contribution is -2.30. The lowest BCUT2D eigenvalue weighted by atomic mass is 10.2. The molecule has 128 valence electrons. The smallest absolute Gasteiger partial charge is 0.310 e. The third-order valence-corrected chi connectivity index (χ3v) is 3.28. The van der Waals surface area contributed by atoms with Gasteiger partial charge in [0.05, 0.1) is 24.7 Å². The molecule has 0 aliphatic rings. The number of para-hydroxylation sites is 1. The fourth-order valence-corrected chi connectivity index (χ4v) is 1.95. The fourth-order valence-electron chi connectivity index (χ4n) is 1.95. The minimum absolute atomic E-state index is 0.0450. The molecule has 0 spiro atoms. The summed E-state index contributed by atoms with van der Waals surface area (Å²) in [6.07, 6.45) is -0.886. The first kappa shape index (κ1) is 18.0. The fraction of sp³-hybridized carbons (Fsp3) is 0.211. The van der Waals surface area contributed by atoms with Crippen LogP contribution in [0.2, 0.25) is 0 Å². The molecule has 6 nitrogen and oxygen atoms in total. The highest BCUT2D eigenvalue weighted by molar-refractivity contribution is 5.95. The number of carbonyl (C=O) groups excluding carboxylic acids is 2. The summed E-state index contributed by atoms with van der Waals surface area (Å²) in [5, 5.41) is 11.4. The van der Waals surface area contributed by atoms with Gasteiger partial charge in [-0.05, 0) is 43.3 Å². The van der Waals surface area contributed by atoms with Crippen LogP contribution in [-0.2, 0) is 14.3 Å². The van der Waals surface area contributed by atoms with E-state index in [9.17, 15) is 9.59 Å². The molecule has 0 radical (unpaired) electrons. The van der Waals surface area contributed by atoms with Gasteiger partial charge in [0.2, 0.25) is 0 Å². The minimum Gasteiger partial charge on any atom is -0.493 e. The number of nitrogens with one attached hydrogen (secondary N) is 1. The molecule has 0 unspecified atom stereocenters. The lowest BCUT2D eigenvalue weighted by Gasteiger charge is -2.14. The first-order chi connectivity index (χ1) is 12.1. The Bertz CT molecular complexity index is 751. The monoisotopic (exact) mass is 338 g/mol. The van der Waals surface area contributed by atoms with Gasteiger partial charge in [0, 0.05) is 5.69 Å². The first-order valence-corrected chi connectivity index (χ1v) is 7.77. The summed E-state index contributed by atoms with van der Waals surface area (Å²) < 4.78 is 10.5. The highest BCUT2D eigenvalue weighted by Gasteiger charge is 2.17. The van der Waals surface area contributed by atoms with Crippen LogP contribution in [0.15, 0.2) is 54.6 Å². The predicted octanol–water partition coefficient (Wildman–Crippen LogP) is 2.90. The Hall–Kier alpha value is -3.33. The van der Waals surface area contributed by atoms with Gasteiger partial charge < -0.3 is 14.8 Å². The summed E-state index contributed by atoms with van der Waals surface area (Å²) in [6.45, 7) is 1.67. The molecule has 1 amide bonds. The van der Waals surface area contributed by atoms with Gasteiger partial charge in [-0.3, -0.25) is 9.59 Å². The maximum absolute atomic E-state index is 12.0. The zero-order valence-corrected chi connectivity index (χ0v) is 13.8. The minimum atomic E-state index is -0.931. The quantitative estimate of drug-likeness (QED) is 0.784. The number of hydrogen-bond donors (Lipinski definition) is 1. The Morgan fingerprint density at radius 2 is 1.80 bits per heavy atom. The van der Waals surface area contributed by atoms with Crippen molar-refractivity contribution in [2.45, 2.75) is 19.4 Å². The lowest BCUT2D eigenvalue weighted by molar-refractivity contribution is -0.153. The van der Waals surface area contributed by atoms with Gasteiger partial charge in [0.15, 0.2) is 6.10 Å². The van der Waals surface area contributed by atoms with E-state index in [1.807, 2.05) is 24.3 Å². The van der Waals surface area contributed by atoms with E-state index in [1.165, 1.54) is 6.92 Å². The van der Waals surface area contributed by atoms with Crippen molar-refractivity contribution in [2.75, 3.05) is 11.9 Å². The summed E-state index contributed by atoms with van der Waals surface area (Å²) in [6, 6.07) is 17.5. The van der Waals surface area contributed by atoms with Crippen molar-refractivity contribution >= 4 is 17.6 Å².